The molecule has 21 heavy (non-hydrogen) atoms. The van der Waals surface area contributed by atoms with Crippen LogP contribution in [0.25, 0.3) is 0 Å². The van der Waals surface area contributed by atoms with Gasteiger partial charge in [0.25, 0.3) is 0 Å². The molecule has 0 heterocycles. The highest BCUT2D eigenvalue weighted by Gasteiger charge is 2.31. The largest absolute Gasteiger partial charge is 0.307 e. The Hall–Kier alpha value is -0.640. The summed E-state index contributed by atoms with van der Waals surface area (Å²) in [7, 11) is 0. The number of nitrogens with one attached hydrogen (secondary N) is 1. The fourth-order valence-electron chi connectivity index (χ4n) is 3.01. The Labute approximate surface area is 143 Å². The van der Waals surface area contributed by atoms with Crippen LogP contribution in [-0.4, -0.2) is 6.04 Å². The van der Waals surface area contributed by atoms with Crippen molar-refractivity contribution in [3.8, 4) is 0 Å². The molecule has 2 aromatic carbocycles. The summed E-state index contributed by atoms with van der Waals surface area (Å²) < 4.78 is 2.33. The van der Waals surface area contributed by atoms with Crippen molar-refractivity contribution >= 4 is 31.9 Å². The minimum atomic E-state index is 0.399. The van der Waals surface area contributed by atoms with Gasteiger partial charge in [0.15, 0.2) is 0 Å². The molecule has 1 nitrogen and oxygen atoms in total. The molecule has 0 aliphatic heterocycles. The van der Waals surface area contributed by atoms with Crippen LogP contribution < -0.4 is 5.32 Å². The second-order valence-corrected chi connectivity index (χ2v) is 7.69. The molecule has 3 rings (SSSR count). The van der Waals surface area contributed by atoms with Gasteiger partial charge >= 0.3 is 0 Å². The lowest BCUT2D eigenvalue weighted by Gasteiger charge is -2.38. The lowest BCUT2D eigenvalue weighted by Crippen LogP contribution is -2.41. The van der Waals surface area contributed by atoms with Crippen LogP contribution in [-0.2, 0) is 0 Å². The molecule has 0 amide bonds. The molecule has 0 radical (unpaired) electrons. The predicted molar refractivity (Wildman–Crippen MR) is 95.6 cm³/mol. The molecule has 0 bridgehead atoms. The van der Waals surface area contributed by atoms with Crippen LogP contribution in [0.2, 0.25) is 0 Å². The minimum absolute atomic E-state index is 0.399. The minimum Gasteiger partial charge on any atom is -0.307 e. The number of halogens is 2. The Morgan fingerprint density at radius 1 is 1.00 bits per heavy atom. The number of hydrogen-bond donors (Lipinski definition) is 1. The standard InChI is InChI=1S/C18H19Br2N/c1-12(13-4-2-6-16(19)8-13)21-18-10-15(11-18)14-5-3-7-17(20)9-14/h2-9,12,15,18,21H,10-11H2,1H3. The smallest absolute Gasteiger partial charge is 0.0294 e. The van der Waals surface area contributed by atoms with Crippen LogP contribution in [0, 0.1) is 0 Å². The molecule has 110 valence electrons. The monoisotopic (exact) mass is 407 g/mol. The zero-order valence-electron chi connectivity index (χ0n) is 12.0. The van der Waals surface area contributed by atoms with Crippen molar-refractivity contribution in [3.63, 3.8) is 0 Å². The topological polar surface area (TPSA) is 12.0 Å². The molecule has 1 unspecified atom stereocenters. The van der Waals surface area contributed by atoms with Crippen LogP contribution in [0.1, 0.15) is 42.9 Å². The van der Waals surface area contributed by atoms with Gasteiger partial charge in [0.1, 0.15) is 0 Å². The first-order valence-corrected chi connectivity index (χ1v) is 8.97. The van der Waals surface area contributed by atoms with Crippen LogP contribution in [0.3, 0.4) is 0 Å². The summed E-state index contributed by atoms with van der Waals surface area (Å²) in [5.74, 6) is 0.703. The average Bonchev–Trinajstić information content (AvgIpc) is 2.42. The highest BCUT2D eigenvalue weighted by Crippen LogP contribution is 2.38. The summed E-state index contributed by atoms with van der Waals surface area (Å²) in [6.45, 7) is 2.24. The van der Waals surface area contributed by atoms with Crippen molar-refractivity contribution in [2.45, 2.75) is 37.8 Å². The highest BCUT2D eigenvalue weighted by atomic mass is 79.9. The molecule has 1 fully saturated rings. The van der Waals surface area contributed by atoms with Crippen LogP contribution >= 0.6 is 31.9 Å². The van der Waals surface area contributed by atoms with E-state index in [2.05, 4.69) is 92.6 Å². The zero-order chi connectivity index (χ0) is 14.8. The third kappa shape index (κ3) is 3.77. The Kier molecular flexibility index (Phi) is 4.82. The first-order valence-electron chi connectivity index (χ1n) is 7.39. The van der Waals surface area contributed by atoms with Gasteiger partial charge in [-0.2, -0.15) is 0 Å². The van der Waals surface area contributed by atoms with E-state index in [1.54, 1.807) is 0 Å². The van der Waals surface area contributed by atoms with Gasteiger partial charge in [0, 0.05) is 21.0 Å². The van der Waals surface area contributed by atoms with Gasteiger partial charge in [-0.1, -0.05) is 56.1 Å². The van der Waals surface area contributed by atoms with Crippen molar-refractivity contribution in [3.05, 3.63) is 68.6 Å². The number of hydrogen-bond acceptors (Lipinski definition) is 1. The maximum atomic E-state index is 3.74. The van der Waals surface area contributed by atoms with Crippen molar-refractivity contribution in [2.75, 3.05) is 0 Å². The van der Waals surface area contributed by atoms with Crippen molar-refractivity contribution in [1.82, 2.24) is 5.32 Å². The third-order valence-electron chi connectivity index (χ3n) is 4.29. The SMILES string of the molecule is CC(NC1CC(c2cccc(Br)c2)C1)c1cccc(Br)c1. The van der Waals surface area contributed by atoms with E-state index >= 15 is 0 Å². The molecule has 1 aliphatic carbocycles. The zero-order valence-corrected chi connectivity index (χ0v) is 15.2. The number of rotatable bonds is 4. The quantitative estimate of drug-likeness (QED) is 0.673. The molecular formula is C18H19Br2N. The first-order chi connectivity index (χ1) is 10.1. The highest BCUT2D eigenvalue weighted by molar-refractivity contribution is 9.10. The summed E-state index contributed by atoms with van der Waals surface area (Å²) in [5, 5.41) is 3.74. The Bertz CT molecular complexity index is 620. The van der Waals surface area contributed by atoms with E-state index in [4.69, 9.17) is 0 Å². The van der Waals surface area contributed by atoms with E-state index in [-0.39, 0.29) is 0 Å². The van der Waals surface area contributed by atoms with Gasteiger partial charge in [-0.05, 0) is 61.1 Å². The third-order valence-corrected chi connectivity index (χ3v) is 5.28. The van der Waals surface area contributed by atoms with E-state index in [0.717, 1.165) is 4.47 Å². The van der Waals surface area contributed by atoms with E-state index < -0.39 is 0 Å². The summed E-state index contributed by atoms with van der Waals surface area (Å²) in [5.41, 5.74) is 2.80. The molecule has 3 heteroatoms. The van der Waals surface area contributed by atoms with Gasteiger partial charge in [0.2, 0.25) is 0 Å². The van der Waals surface area contributed by atoms with Crippen LogP contribution in [0.4, 0.5) is 0 Å². The van der Waals surface area contributed by atoms with Crippen molar-refractivity contribution < 1.29 is 0 Å². The normalized spacial score (nSPS) is 22.6. The number of benzene rings is 2. The summed E-state index contributed by atoms with van der Waals surface area (Å²) >= 11 is 7.10. The second kappa shape index (κ2) is 6.64. The lowest BCUT2D eigenvalue weighted by atomic mass is 9.75. The van der Waals surface area contributed by atoms with Gasteiger partial charge in [-0.15, -0.1) is 0 Å². The Morgan fingerprint density at radius 3 is 2.33 bits per heavy atom. The first kappa shape index (κ1) is 15.3. The molecule has 1 atom stereocenters. The molecule has 0 saturated heterocycles. The summed E-state index contributed by atoms with van der Waals surface area (Å²) in [6.07, 6.45) is 2.46. The Balaban J connectivity index is 1.55. The van der Waals surface area contributed by atoms with Crippen molar-refractivity contribution in [1.29, 1.82) is 0 Å². The maximum absolute atomic E-state index is 3.74. The molecular weight excluding hydrogens is 390 g/mol. The van der Waals surface area contributed by atoms with E-state index in [1.807, 2.05) is 0 Å². The fourth-order valence-corrected chi connectivity index (χ4v) is 3.85. The van der Waals surface area contributed by atoms with Crippen LogP contribution in [0.5, 0.6) is 0 Å². The maximum Gasteiger partial charge on any atom is 0.0294 e. The van der Waals surface area contributed by atoms with Crippen LogP contribution in [0.15, 0.2) is 57.5 Å². The Morgan fingerprint density at radius 2 is 1.67 bits per heavy atom. The summed E-state index contributed by atoms with van der Waals surface area (Å²) in [6, 6.07) is 18.3. The van der Waals surface area contributed by atoms with Gasteiger partial charge in [-0.25, -0.2) is 0 Å². The predicted octanol–water partition coefficient (Wildman–Crippen LogP) is 5.81. The van der Waals surface area contributed by atoms with E-state index in [9.17, 15) is 0 Å². The van der Waals surface area contributed by atoms with E-state index in [0.29, 0.717) is 18.0 Å². The van der Waals surface area contributed by atoms with Gasteiger partial charge in [0.05, 0.1) is 0 Å². The van der Waals surface area contributed by atoms with Crippen molar-refractivity contribution in [2.24, 2.45) is 0 Å². The molecule has 1 saturated carbocycles. The fraction of sp³-hybridized carbons (Fsp3) is 0.333. The van der Waals surface area contributed by atoms with Gasteiger partial charge in [-0.3, -0.25) is 0 Å². The molecule has 0 spiro atoms. The molecule has 1 aliphatic rings. The summed E-state index contributed by atoms with van der Waals surface area (Å²) in [4.78, 5) is 0. The molecule has 2 aromatic rings. The lowest BCUT2D eigenvalue weighted by molar-refractivity contribution is 0.271. The second-order valence-electron chi connectivity index (χ2n) is 5.86. The van der Waals surface area contributed by atoms with E-state index in [1.165, 1.54) is 28.4 Å². The molecule has 0 aromatic heterocycles. The molecule has 1 N–H and O–H groups in total. The van der Waals surface area contributed by atoms with Gasteiger partial charge < -0.3 is 5.32 Å². The average molecular weight is 409 g/mol.